The minimum Gasteiger partial charge on any atom is -0.299 e. The number of allylic oxidation sites excluding steroid dienone is 1. The van der Waals surface area contributed by atoms with Crippen LogP contribution in [0.1, 0.15) is 5.56 Å². The van der Waals surface area contributed by atoms with Crippen LogP contribution in [-0.4, -0.2) is 6.29 Å². The van der Waals surface area contributed by atoms with E-state index in [1.165, 1.54) is 6.08 Å². The highest BCUT2D eigenvalue weighted by atomic mass is 79.9. The van der Waals surface area contributed by atoms with E-state index in [-0.39, 0.29) is 0 Å². The molecule has 0 atom stereocenters. The summed E-state index contributed by atoms with van der Waals surface area (Å²) in [5, 5.41) is 0. The lowest BCUT2D eigenvalue weighted by Gasteiger charge is -1.94. The number of hydrogen-bond donors (Lipinski definition) is 0. The van der Waals surface area contributed by atoms with Gasteiger partial charge >= 0.3 is 0 Å². The van der Waals surface area contributed by atoms with Crippen molar-refractivity contribution >= 4 is 26.7 Å². The highest BCUT2D eigenvalue weighted by molar-refractivity contribution is 9.15. The molecule has 1 rings (SSSR count). The van der Waals surface area contributed by atoms with E-state index in [1.54, 1.807) is 0 Å². The topological polar surface area (TPSA) is 17.1 Å². The Bertz CT molecular complexity index is 264. The van der Waals surface area contributed by atoms with Crippen molar-refractivity contribution in [3.8, 4) is 0 Å². The Hall–Kier alpha value is -0.890. The quantitative estimate of drug-likeness (QED) is 0.542. The Kier molecular flexibility index (Phi) is 3.05. The first-order valence-corrected chi connectivity index (χ1v) is 4.00. The molecule has 1 aromatic rings. The van der Waals surface area contributed by atoms with Crippen molar-refractivity contribution in [2.45, 2.75) is 0 Å². The normalized spacial score (nSPS) is 11.2. The monoisotopic (exact) mass is 210 g/mol. The third-order valence-corrected chi connectivity index (χ3v) is 1.99. The lowest BCUT2D eigenvalue weighted by Crippen LogP contribution is -1.74. The van der Waals surface area contributed by atoms with Crippen molar-refractivity contribution in [2.75, 3.05) is 0 Å². The van der Waals surface area contributed by atoms with Gasteiger partial charge in [0, 0.05) is 4.48 Å². The van der Waals surface area contributed by atoms with Crippen molar-refractivity contribution in [1.82, 2.24) is 0 Å². The fraction of sp³-hybridized carbons (Fsp3) is 0. The van der Waals surface area contributed by atoms with Gasteiger partial charge < -0.3 is 0 Å². The summed E-state index contributed by atoms with van der Waals surface area (Å²) in [7, 11) is 0. The van der Waals surface area contributed by atoms with E-state index < -0.39 is 0 Å². The van der Waals surface area contributed by atoms with Gasteiger partial charge in [0.2, 0.25) is 0 Å². The number of carbonyl (C=O) groups excluding carboxylic acids is 1. The maximum Gasteiger partial charge on any atom is 0.143 e. The fourth-order valence-corrected chi connectivity index (χ4v) is 1.13. The number of hydrogen-bond acceptors (Lipinski definition) is 1. The average molecular weight is 211 g/mol. The summed E-state index contributed by atoms with van der Waals surface area (Å²) in [5.41, 5.74) is 1.01. The molecule has 0 aliphatic heterocycles. The summed E-state index contributed by atoms with van der Waals surface area (Å²) in [5.74, 6) is 0. The molecule has 0 radical (unpaired) electrons. The van der Waals surface area contributed by atoms with Gasteiger partial charge in [-0.15, -0.1) is 0 Å². The van der Waals surface area contributed by atoms with Crippen LogP contribution in [0.4, 0.5) is 0 Å². The van der Waals surface area contributed by atoms with Gasteiger partial charge in [0.05, 0.1) is 0 Å². The van der Waals surface area contributed by atoms with Crippen molar-refractivity contribution in [2.24, 2.45) is 0 Å². The van der Waals surface area contributed by atoms with Crippen LogP contribution in [-0.2, 0) is 4.79 Å². The van der Waals surface area contributed by atoms with Crippen LogP contribution >= 0.6 is 15.9 Å². The lowest BCUT2D eigenvalue weighted by molar-refractivity contribution is -0.104. The molecule has 1 nitrogen and oxygen atoms in total. The molecule has 0 heterocycles. The highest BCUT2D eigenvalue weighted by Crippen LogP contribution is 2.19. The molecule has 0 N–H and O–H groups in total. The van der Waals surface area contributed by atoms with E-state index in [2.05, 4.69) is 15.9 Å². The van der Waals surface area contributed by atoms with Crippen LogP contribution in [0.15, 0.2) is 36.4 Å². The van der Waals surface area contributed by atoms with E-state index in [9.17, 15) is 4.79 Å². The molecule has 0 unspecified atom stereocenters. The van der Waals surface area contributed by atoms with Gasteiger partial charge in [-0.05, 0) is 11.6 Å². The number of rotatable bonds is 2. The van der Waals surface area contributed by atoms with Crippen molar-refractivity contribution in [3.05, 3.63) is 42.0 Å². The SMILES string of the molecule is O=C/C=C(/Br)c1ccccc1. The lowest BCUT2D eigenvalue weighted by atomic mass is 10.2. The Morgan fingerprint density at radius 1 is 1.27 bits per heavy atom. The zero-order chi connectivity index (χ0) is 8.10. The first-order valence-electron chi connectivity index (χ1n) is 3.21. The van der Waals surface area contributed by atoms with Crippen molar-refractivity contribution in [1.29, 1.82) is 0 Å². The summed E-state index contributed by atoms with van der Waals surface area (Å²) < 4.78 is 0.813. The zero-order valence-electron chi connectivity index (χ0n) is 5.83. The molecule has 1 aromatic carbocycles. The van der Waals surface area contributed by atoms with Crippen LogP contribution in [0.3, 0.4) is 0 Å². The number of benzene rings is 1. The maximum atomic E-state index is 10.1. The second kappa shape index (κ2) is 4.09. The summed E-state index contributed by atoms with van der Waals surface area (Å²) in [4.78, 5) is 10.1. The number of carbonyl (C=O) groups is 1. The van der Waals surface area contributed by atoms with Gasteiger partial charge in [-0.25, -0.2) is 0 Å². The Labute approximate surface area is 73.9 Å². The number of halogens is 1. The van der Waals surface area contributed by atoms with Crippen LogP contribution in [0.25, 0.3) is 4.48 Å². The molecule has 11 heavy (non-hydrogen) atoms. The van der Waals surface area contributed by atoms with Crippen molar-refractivity contribution in [3.63, 3.8) is 0 Å². The molecule has 0 aliphatic rings. The third-order valence-electron chi connectivity index (χ3n) is 1.26. The molecule has 0 fully saturated rings. The predicted molar refractivity (Wildman–Crippen MR) is 49.4 cm³/mol. The van der Waals surface area contributed by atoms with Gasteiger partial charge in [0.1, 0.15) is 6.29 Å². The molecule has 0 amide bonds. The largest absolute Gasteiger partial charge is 0.299 e. The van der Waals surface area contributed by atoms with Crippen LogP contribution < -0.4 is 0 Å². The first kappa shape index (κ1) is 8.21. The van der Waals surface area contributed by atoms with Gasteiger partial charge in [-0.3, -0.25) is 4.79 Å². The second-order valence-corrected chi connectivity index (χ2v) is 2.87. The van der Waals surface area contributed by atoms with Crippen molar-refractivity contribution < 1.29 is 4.79 Å². The average Bonchev–Trinajstić information content (AvgIpc) is 2.07. The van der Waals surface area contributed by atoms with E-state index in [4.69, 9.17) is 0 Å². The molecule has 0 aliphatic carbocycles. The highest BCUT2D eigenvalue weighted by Gasteiger charge is 1.92. The molecule has 0 aromatic heterocycles. The molecule has 0 saturated carbocycles. The first-order chi connectivity index (χ1) is 5.34. The van der Waals surface area contributed by atoms with Gasteiger partial charge in [0.15, 0.2) is 0 Å². The molecule has 0 bridgehead atoms. The molecular formula is C9H7BrO. The zero-order valence-corrected chi connectivity index (χ0v) is 7.41. The summed E-state index contributed by atoms with van der Waals surface area (Å²) in [6.07, 6.45) is 2.24. The van der Waals surface area contributed by atoms with Crippen LogP contribution in [0.5, 0.6) is 0 Å². The molecule has 0 saturated heterocycles. The minimum atomic E-state index is 0.761. The number of aldehydes is 1. The van der Waals surface area contributed by atoms with E-state index in [0.717, 1.165) is 16.3 Å². The van der Waals surface area contributed by atoms with Gasteiger partial charge in [-0.2, -0.15) is 0 Å². The Morgan fingerprint density at radius 2 is 1.91 bits per heavy atom. The molecule has 0 spiro atoms. The Morgan fingerprint density at radius 3 is 2.45 bits per heavy atom. The third kappa shape index (κ3) is 2.31. The van der Waals surface area contributed by atoms with E-state index in [1.807, 2.05) is 30.3 Å². The molecule has 2 heteroatoms. The Balaban J connectivity index is 2.94. The minimum absolute atomic E-state index is 0.761. The summed E-state index contributed by atoms with van der Waals surface area (Å²) in [6, 6.07) is 9.66. The van der Waals surface area contributed by atoms with Crippen LogP contribution in [0.2, 0.25) is 0 Å². The van der Waals surface area contributed by atoms with Gasteiger partial charge in [0.25, 0.3) is 0 Å². The molecule has 56 valence electrons. The van der Waals surface area contributed by atoms with Gasteiger partial charge in [-0.1, -0.05) is 46.3 Å². The van der Waals surface area contributed by atoms with E-state index >= 15 is 0 Å². The fourth-order valence-electron chi connectivity index (χ4n) is 0.753. The summed E-state index contributed by atoms with van der Waals surface area (Å²) in [6.45, 7) is 0. The van der Waals surface area contributed by atoms with E-state index in [0.29, 0.717) is 0 Å². The summed E-state index contributed by atoms with van der Waals surface area (Å²) >= 11 is 3.28. The second-order valence-electron chi connectivity index (χ2n) is 2.02. The molecular weight excluding hydrogens is 204 g/mol. The standard InChI is InChI=1S/C9H7BrO/c10-9(6-7-11)8-4-2-1-3-5-8/h1-7H/b9-6+. The maximum absolute atomic E-state index is 10.1. The predicted octanol–water partition coefficient (Wildman–Crippen LogP) is 2.62. The smallest absolute Gasteiger partial charge is 0.143 e. The van der Waals surface area contributed by atoms with Crippen LogP contribution in [0, 0.1) is 0 Å².